The molecule has 0 aromatic heterocycles. The van der Waals surface area contributed by atoms with E-state index in [2.05, 4.69) is 15.0 Å². The van der Waals surface area contributed by atoms with Crippen molar-refractivity contribution in [1.29, 1.82) is 0 Å². The van der Waals surface area contributed by atoms with E-state index in [0.717, 1.165) is 38.3 Å². The van der Waals surface area contributed by atoms with Crippen molar-refractivity contribution in [2.45, 2.75) is 19.5 Å². The van der Waals surface area contributed by atoms with E-state index in [-0.39, 0.29) is 17.7 Å². The Hall–Kier alpha value is -1.66. The summed E-state index contributed by atoms with van der Waals surface area (Å²) >= 11 is 0. The highest BCUT2D eigenvalue weighted by atomic mass is 19.1. The van der Waals surface area contributed by atoms with Crippen molar-refractivity contribution < 1.29 is 9.60 Å². The first-order valence-corrected chi connectivity index (χ1v) is 6.78. The molecule has 1 atom stereocenters. The van der Waals surface area contributed by atoms with Gasteiger partial charge in [-0.2, -0.15) is 0 Å². The van der Waals surface area contributed by atoms with E-state index in [1.165, 1.54) is 12.1 Å². The Labute approximate surface area is 118 Å². The Morgan fingerprint density at radius 3 is 2.45 bits per heavy atom. The fourth-order valence-corrected chi connectivity index (χ4v) is 2.43. The van der Waals surface area contributed by atoms with Crippen LogP contribution in [0.2, 0.25) is 0 Å². The van der Waals surface area contributed by atoms with Gasteiger partial charge in [0, 0.05) is 32.7 Å². The summed E-state index contributed by atoms with van der Waals surface area (Å²) < 4.78 is 12.9. The minimum atomic E-state index is -0.203. The zero-order valence-electron chi connectivity index (χ0n) is 11.7. The Morgan fingerprint density at radius 2 is 1.90 bits per heavy atom. The van der Waals surface area contributed by atoms with E-state index in [0.29, 0.717) is 0 Å². The summed E-state index contributed by atoms with van der Waals surface area (Å²) in [5.41, 5.74) is 6.74. The summed E-state index contributed by atoms with van der Waals surface area (Å²) in [4.78, 5) is 4.51. The lowest BCUT2D eigenvalue weighted by Gasteiger charge is -2.37. The maximum Gasteiger partial charge on any atom is 0.156 e. The Balaban J connectivity index is 1.84. The van der Waals surface area contributed by atoms with Gasteiger partial charge < -0.3 is 10.9 Å². The third kappa shape index (κ3) is 3.68. The van der Waals surface area contributed by atoms with Crippen LogP contribution in [-0.2, 0) is 6.54 Å². The molecule has 1 saturated heterocycles. The van der Waals surface area contributed by atoms with Crippen LogP contribution in [0.5, 0.6) is 0 Å². The molecule has 3 N–H and O–H groups in total. The third-order valence-electron chi connectivity index (χ3n) is 3.82. The van der Waals surface area contributed by atoms with E-state index >= 15 is 0 Å². The SMILES string of the molecule is CC(C(N)=NO)N1CCN(Cc2ccc(F)cc2)CC1. The second-order valence-corrected chi connectivity index (χ2v) is 5.14. The minimum Gasteiger partial charge on any atom is -0.409 e. The van der Waals surface area contributed by atoms with Crippen LogP contribution in [0.3, 0.4) is 0 Å². The van der Waals surface area contributed by atoms with Crippen LogP contribution in [0, 0.1) is 5.82 Å². The molecule has 2 rings (SSSR count). The highest BCUT2D eigenvalue weighted by molar-refractivity contribution is 5.84. The molecule has 6 heteroatoms. The average Bonchev–Trinajstić information content (AvgIpc) is 2.49. The highest BCUT2D eigenvalue weighted by Crippen LogP contribution is 2.11. The first kappa shape index (κ1) is 14.7. The summed E-state index contributed by atoms with van der Waals surface area (Å²) in [7, 11) is 0. The number of oxime groups is 1. The first-order valence-electron chi connectivity index (χ1n) is 6.78. The highest BCUT2D eigenvalue weighted by Gasteiger charge is 2.23. The number of piperazine rings is 1. The molecule has 0 saturated carbocycles. The molecule has 1 fully saturated rings. The molecule has 1 heterocycles. The molecule has 0 aliphatic carbocycles. The van der Waals surface area contributed by atoms with Crippen LogP contribution in [0.4, 0.5) is 4.39 Å². The van der Waals surface area contributed by atoms with Gasteiger partial charge in [-0.3, -0.25) is 9.80 Å². The molecular weight excluding hydrogens is 259 g/mol. The maximum atomic E-state index is 12.9. The van der Waals surface area contributed by atoms with E-state index in [9.17, 15) is 4.39 Å². The normalized spacial score (nSPS) is 20.0. The monoisotopic (exact) mass is 280 g/mol. The van der Waals surface area contributed by atoms with Crippen molar-refractivity contribution in [1.82, 2.24) is 9.80 Å². The van der Waals surface area contributed by atoms with Crippen molar-refractivity contribution in [2.75, 3.05) is 26.2 Å². The maximum absolute atomic E-state index is 12.9. The number of hydrogen-bond donors (Lipinski definition) is 2. The number of nitrogens with two attached hydrogens (primary N) is 1. The van der Waals surface area contributed by atoms with Crippen LogP contribution in [0.25, 0.3) is 0 Å². The predicted molar refractivity (Wildman–Crippen MR) is 76.1 cm³/mol. The lowest BCUT2D eigenvalue weighted by atomic mass is 10.1. The van der Waals surface area contributed by atoms with Crippen molar-refractivity contribution in [3.05, 3.63) is 35.6 Å². The molecule has 0 spiro atoms. The standard InChI is InChI=1S/C14H21FN4O/c1-11(14(16)17-20)19-8-6-18(7-9-19)10-12-2-4-13(15)5-3-12/h2-5,11,20H,6-10H2,1H3,(H2,16,17). The molecular formula is C14H21FN4O. The van der Waals surface area contributed by atoms with E-state index < -0.39 is 0 Å². The number of amidine groups is 1. The molecule has 1 aliphatic heterocycles. The van der Waals surface area contributed by atoms with Gasteiger partial charge in [-0.1, -0.05) is 17.3 Å². The fraction of sp³-hybridized carbons (Fsp3) is 0.500. The van der Waals surface area contributed by atoms with Crippen LogP contribution < -0.4 is 5.73 Å². The zero-order valence-corrected chi connectivity index (χ0v) is 11.7. The minimum absolute atomic E-state index is 0.0482. The van der Waals surface area contributed by atoms with Gasteiger partial charge in [0.05, 0.1) is 6.04 Å². The van der Waals surface area contributed by atoms with Gasteiger partial charge in [-0.25, -0.2) is 4.39 Å². The van der Waals surface area contributed by atoms with Gasteiger partial charge in [0.2, 0.25) is 0 Å². The lowest BCUT2D eigenvalue weighted by Crippen LogP contribution is -2.52. The molecule has 0 amide bonds. The zero-order chi connectivity index (χ0) is 14.5. The van der Waals surface area contributed by atoms with E-state index in [1.807, 2.05) is 19.1 Å². The number of hydrogen-bond acceptors (Lipinski definition) is 4. The molecule has 1 aromatic rings. The topological polar surface area (TPSA) is 65.1 Å². The van der Waals surface area contributed by atoms with E-state index in [1.54, 1.807) is 0 Å². The van der Waals surface area contributed by atoms with Crippen LogP contribution in [0.1, 0.15) is 12.5 Å². The predicted octanol–water partition coefficient (Wildman–Crippen LogP) is 1.08. The molecule has 1 aliphatic rings. The largest absolute Gasteiger partial charge is 0.409 e. The van der Waals surface area contributed by atoms with Crippen molar-refractivity contribution >= 4 is 5.84 Å². The first-order chi connectivity index (χ1) is 9.60. The molecule has 5 nitrogen and oxygen atoms in total. The second kappa shape index (κ2) is 6.67. The third-order valence-corrected chi connectivity index (χ3v) is 3.82. The number of halogens is 1. The van der Waals surface area contributed by atoms with Crippen molar-refractivity contribution in [3.8, 4) is 0 Å². The Bertz CT molecular complexity index is 455. The lowest BCUT2D eigenvalue weighted by molar-refractivity contribution is 0.116. The van der Waals surface area contributed by atoms with Gasteiger partial charge in [0.25, 0.3) is 0 Å². The van der Waals surface area contributed by atoms with Gasteiger partial charge in [0.15, 0.2) is 5.84 Å². The number of nitrogens with zero attached hydrogens (tertiary/aromatic N) is 3. The summed E-state index contributed by atoms with van der Waals surface area (Å²) in [5.74, 6) is 0.0446. The van der Waals surface area contributed by atoms with Crippen molar-refractivity contribution in [3.63, 3.8) is 0 Å². The molecule has 20 heavy (non-hydrogen) atoms. The fourth-order valence-electron chi connectivity index (χ4n) is 2.43. The second-order valence-electron chi connectivity index (χ2n) is 5.14. The van der Waals surface area contributed by atoms with Gasteiger partial charge in [0.1, 0.15) is 5.82 Å². The average molecular weight is 280 g/mol. The molecule has 1 unspecified atom stereocenters. The number of rotatable bonds is 4. The molecule has 1 aromatic carbocycles. The van der Waals surface area contributed by atoms with Crippen molar-refractivity contribution in [2.24, 2.45) is 10.9 Å². The summed E-state index contributed by atoms with van der Waals surface area (Å²) in [6.07, 6.45) is 0. The summed E-state index contributed by atoms with van der Waals surface area (Å²) in [6.45, 7) is 6.34. The van der Waals surface area contributed by atoms with E-state index in [4.69, 9.17) is 10.9 Å². The molecule has 0 bridgehead atoms. The molecule has 110 valence electrons. The van der Waals surface area contributed by atoms with Crippen LogP contribution in [0.15, 0.2) is 29.4 Å². The quantitative estimate of drug-likeness (QED) is 0.375. The summed E-state index contributed by atoms with van der Waals surface area (Å²) in [5, 5.41) is 11.8. The molecule has 0 radical (unpaired) electrons. The number of benzene rings is 1. The Morgan fingerprint density at radius 1 is 1.30 bits per heavy atom. The van der Waals surface area contributed by atoms with Gasteiger partial charge >= 0.3 is 0 Å². The van der Waals surface area contributed by atoms with Crippen LogP contribution >= 0.6 is 0 Å². The smallest absolute Gasteiger partial charge is 0.156 e. The van der Waals surface area contributed by atoms with Gasteiger partial charge in [-0.05, 0) is 24.6 Å². The van der Waals surface area contributed by atoms with Crippen LogP contribution in [-0.4, -0.2) is 53.1 Å². The van der Waals surface area contributed by atoms with Gasteiger partial charge in [-0.15, -0.1) is 0 Å². The Kier molecular flexibility index (Phi) is 4.92. The summed E-state index contributed by atoms with van der Waals surface area (Å²) in [6, 6.07) is 6.58.